The van der Waals surface area contributed by atoms with E-state index in [2.05, 4.69) is 20.7 Å². The van der Waals surface area contributed by atoms with Crippen LogP contribution in [0, 0.1) is 0 Å². The topological polar surface area (TPSA) is 92.9 Å². The Morgan fingerprint density at radius 1 is 1.33 bits per heavy atom. The maximum atomic E-state index is 12.2. The molecule has 0 bridgehead atoms. The Labute approximate surface area is 145 Å². The third-order valence-corrected chi connectivity index (χ3v) is 4.17. The molecular weight excluding hydrogens is 326 g/mol. The lowest BCUT2D eigenvalue weighted by Gasteiger charge is -2.15. The van der Waals surface area contributed by atoms with Crippen molar-refractivity contribution in [3.8, 4) is 11.4 Å². The maximum absolute atomic E-state index is 12.2. The van der Waals surface area contributed by atoms with Crippen molar-refractivity contribution >= 4 is 17.7 Å². The van der Waals surface area contributed by atoms with E-state index in [4.69, 9.17) is 0 Å². The SMILES string of the molecule is CSCC[C@@H](CO)NC(=O)c1ccc(-c2nnn(C(C)C)n2)cc1. The van der Waals surface area contributed by atoms with Crippen LogP contribution in [0.25, 0.3) is 11.4 Å². The van der Waals surface area contributed by atoms with E-state index < -0.39 is 0 Å². The van der Waals surface area contributed by atoms with Crippen LogP contribution in [0.5, 0.6) is 0 Å². The molecule has 0 unspecified atom stereocenters. The van der Waals surface area contributed by atoms with Crippen molar-refractivity contribution in [3.05, 3.63) is 29.8 Å². The first kappa shape index (κ1) is 18.4. The second-order valence-corrected chi connectivity index (χ2v) is 6.72. The molecule has 0 fully saturated rings. The maximum Gasteiger partial charge on any atom is 0.251 e. The van der Waals surface area contributed by atoms with Crippen LogP contribution in [-0.4, -0.2) is 55.9 Å². The molecular formula is C16H23N5O2S. The molecule has 2 N–H and O–H groups in total. The summed E-state index contributed by atoms with van der Waals surface area (Å²) in [4.78, 5) is 13.8. The summed E-state index contributed by atoms with van der Waals surface area (Å²) < 4.78 is 0. The smallest absolute Gasteiger partial charge is 0.251 e. The molecule has 0 saturated heterocycles. The fraction of sp³-hybridized carbons (Fsp3) is 0.500. The van der Waals surface area contributed by atoms with Gasteiger partial charge in [-0.3, -0.25) is 4.79 Å². The number of hydrogen-bond donors (Lipinski definition) is 2. The lowest BCUT2D eigenvalue weighted by Crippen LogP contribution is -2.37. The minimum Gasteiger partial charge on any atom is -0.394 e. The molecule has 1 amide bonds. The van der Waals surface area contributed by atoms with E-state index in [1.54, 1.807) is 40.8 Å². The van der Waals surface area contributed by atoms with Gasteiger partial charge in [0.1, 0.15) is 0 Å². The number of nitrogens with zero attached hydrogens (tertiary/aromatic N) is 4. The first-order valence-corrected chi connectivity index (χ1v) is 9.25. The van der Waals surface area contributed by atoms with Crippen molar-refractivity contribution < 1.29 is 9.90 Å². The summed E-state index contributed by atoms with van der Waals surface area (Å²) in [5, 5.41) is 24.5. The number of benzene rings is 1. The Bertz CT molecular complexity index is 657. The van der Waals surface area contributed by atoms with E-state index in [-0.39, 0.29) is 24.6 Å². The summed E-state index contributed by atoms with van der Waals surface area (Å²) in [7, 11) is 0. The van der Waals surface area contributed by atoms with Gasteiger partial charge in [-0.1, -0.05) is 12.1 Å². The first-order chi connectivity index (χ1) is 11.5. The minimum absolute atomic E-state index is 0.0629. The summed E-state index contributed by atoms with van der Waals surface area (Å²) in [6.07, 6.45) is 2.74. The average Bonchev–Trinajstić information content (AvgIpc) is 3.09. The van der Waals surface area contributed by atoms with E-state index >= 15 is 0 Å². The molecule has 0 spiro atoms. The third kappa shape index (κ3) is 4.78. The molecule has 0 radical (unpaired) electrons. The molecule has 0 aliphatic rings. The fourth-order valence-corrected chi connectivity index (χ4v) is 2.59. The number of rotatable bonds is 8. The molecule has 24 heavy (non-hydrogen) atoms. The van der Waals surface area contributed by atoms with Crippen molar-refractivity contribution in [2.45, 2.75) is 32.4 Å². The monoisotopic (exact) mass is 349 g/mol. The van der Waals surface area contributed by atoms with Gasteiger partial charge in [0.2, 0.25) is 5.82 Å². The predicted molar refractivity (Wildman–Crippen MR) is 95.0 cm³/mol. The molecule has 130 valence electrons. The Balaban J connectivity index is 2.03. The number of tetrazole rings is 1. The Kier molecular flexibility index (Phi) is 6.74. The van der Waals surface area contributed by atoms with Crippen molar-refractivity contribution in [2.24, 2.45) is 0 Å². The van der Waals surface area contributed by atoms with Crippen molar-refractivity contribution in [1.82, 2.24) is 25.5 Å². The number of aliphatic hydroxyl groups excluding tert-OH is 1. The van der Waals surface area contributed by atoms with Crippen LogP contribution in [0.4, 0.5) is 0 Å². The quantitative estimate of drug-likeness (QED) is 0.754. The van der Waals surface area contributed by atoms with Gasteiger partial charge in [0, 0.05) is 11.1 Å². The van der Waals surface area contributed by atoms with Crippen molar-refractivity contribution in [2.75, 3.05) is 18.6 Å². The van der Waals surface area contributed by atoms with E-state index in [0.29, 0.717) is 11.4 Å². The summed E-state index contributed by atoms with van der Waals surface area (Å²) in [5.74, 6) is 1.23. The molecule has 8 heteroatoms. The van der Waals surface area contributed by atoms with Crippen LogP contribution >= 0.6 is 11.8 Å². The van der Waals surface area contributed by atoms with Crippen LogP contribution in [0.2, 0.25) is 0 Å². The lowest BCUT2D eigenvalue weighted by atomic mass is 10.1. The average molecular weight is 349 g/mol. The highest BCUT2D eigenvalue weighted by atomic mass is 32.2. The largest absolute Gasteiger partial charge is 0.394 e. The summed E-state index contributed by atoms with van der Waals surface area (Å²) in [6, 6.07) is 6.97. The Morgan fingerprint density at radius 3 is 2.58 bits per heavy atom. The van der Waals surface area contributed by atoms with Gasteiger partial charge in [-0.25, -0.2) is 0 Å². The van der Waals surface area contributed by atoms with Gasteiger partial charge in [-0.05, 0) is 49.6 Å². The number of nitrogens with one attached hydrogen (secondary N) is 1. The van der Waals surface area contributed by atoms with E-state index in [1.165, 1.54) is 0 Å². The lowest BCUT2D eigenvalue weighted by molar-refractivity contribution is 0.0915. The van der Waals surface area contributed by atoms with Crippen LogP contribution < -0.4 is 5.32 Å². The molecule has 1 aromatic heterocycles. The van der Waals surface area contributed by atoms with Crippen LogP contribution in [-0.2, 0) is 0 Å². The van der Waals surface area contributed by atoms with Gasteiger partial charge in [-0.15, -0.1) is 10.2 Å². The number of aliphatic hydroxyl groups is 1. The summed E-state index contributed by atoms with van der Waals surface area (Å²) in [6.45, 7) is 3.90. The molecule has 0 aliphatic heterocycles. The van der Waals surface area contributed by atoms with E-state index in [1.807, 2.05) is 20.1 Å². The molecule has 1 heterocycles. The predicted octanol–water partition coefficient (Wildman–Crippen LogP) is 1.76. The van der Waals surface area contributed by atoms with Crippen molar-refractivity contribution in [1.29, 1.82) is 0 Å². The zero-order chi connectivity index (χ0) is 17.5. The summed E-state index contributed by atoms with van der Waals surface area (Å²) >= 11 is 1.69. The van der Waals surface area contributed by atoms with Gasteiger partial charge in [0.05, 0.1) is 18.7 Å². The van der Waals surface area contributed by atoms with Gasteiger partial charge in [0.15, 0.2) is 0 Å². The number of aromatic nitrogens is 4. The van der Waals surface area contributed by atoms with Gasteiger partial charge < -0.3 is 10.4 Å². The number of hydrogen-bond acceptors (Lipinski definition) is 6. The number of amides is 1. The van der Waals surface area contributed by atoms with Gasteiger partial charge >= 0.3 is 0 Å². The van der Waals surface area contributed by atoms with Gasteiger partial charge in [-0.2, -0.15) is 16.6 Å². The highest BCUT2D eigenvalue weighted by Crippen LogP contribution is 2.15. The Morgan fingerprint density at radius 2 is 2.04 bits per heavy atom. The highest BCUT2D eigenvalue weighted by Gasteiger charge is 2.14. The molecule has 2 rings (SSSR count). The molecule has 0 saturated carbocycles. The second-order valence-electron chi connectivity index (χ2n) is 5.74. The standard InChI is InChI=1S/C16H23N5O2S/c1-11(2)21-19-15(18-20-21)12-4-6-13(7-5-12)16(23)17-14(10-22)8-9-24-3/h4-7,11,14,22H,8-10H2,1-3H3,(H,17,23)/t14-/m0/s1. The number of thioether (sulfide) groups is 1. The fourth-order valence-electron chi connectivity index (χ4n) is 2.07. The molecule has 1 aromatic carbocycles. The van der Waals surface area contributed by atoms with Crippen LogP contribution in [0.15, 0.2) is 24.3 Å². The number of carbonyl (C=O) groups excluding carboxylic acids is 1. The summed E-state index contributed by atoms with van der Waals surface area (Å²) in [5.41, 5.74) is 1.34. The normalized spacial score (nSPS) is 12.4. The molecule has 0 aliphatic carbocycles. The van der Waals surface area contributed by atoms with E-state index in [0.717, 1.165) is 17.7 Å². The second kappa shape index (κ2) is 8.79. The first-order valence-electron chi connectivity index (χ1n) is 7.85. The third-order valence-electron chi connectivity index (χ3n) is 3.52. The number of carbonyl (C=O) groups is 1. The van der Waals surface area contributed by atoms with E-state index in [9.17, 15) is 9.90 Å². The van der Waals surface area contributed by atoms with Crippen LogP contribution in [0.3, 0.4) is 0 Å². The van der Waals surface area contributed by atoms with Gasteiger partial charge in [0.25, 0.3) is 5.91 Å². The zero-order valence-electron chi connectivity index (χ0n) is 14.1. The molecule has 2 aromatic rings. The minimum atomic E-state index is -0.225. The Hall–Kier alpha value is -1.93. The van der Waals surface area contributed by atoms with Crippen molar-refractivity contribution in [3.63, 3.8) is 0 Å². The molecule has 1 atom stereocenters. The zero-order valence-corrected chi connectivity index (χ0v) is 15.0. The molecule has 7 nitrogen and oxygen atoms in total. The highest BCUT2D eigenvalue weighted by molar-refractivity contribution is 7.98. The van der Waals surface area contributed by atoms with Crippen LogP contribution in [0.1, 0.15) is 36.7 Å².